The molecule has 4 heteroatoms. The van der Waals surface area contributed by atoms with E-state index in [4.69, 9.17) is 9.52 Å². The Kier molecular flexibility index (Phi) is 2.92. The summed E-state index contributed by atoms with van der Waals surface area (Å²) in [6, 6.07) is 7.38. The summed E-state index contributed by atoms with van der Waals surface area (Å²) in [6.07, 6.45) is 0. The Bertz CT molecular complexity index is 560. The summed E-state index contributed by atoms with van der Waals surface area (Å²) in [6.45, 7) is 2.18. The number of para-hydroxylation sites is 1. The number of aryl methyl sites for hydroxylation is 1. The smallest absolute Gasteiger partial charge is 0.360 e. The fraction of sp³-hybridized carbons (Fsp3) is 0.250. The van der Waals surface area contributed by atoms with E-state index in [-0.39, 0.29) is 6.61 Å². The van der Waals surface area contributed by atoms with Gasteiger partial charge in [0.15, 0.2) is 0 Å². The lowest BCUT2D eigenvalue weighted by Gasteiger charge is -2.08. The molecule has 0 unspecified atom stereocenters. The van der Waals surface area contributed by atoms with Crippen LogP contribution in [0.15, 0.2) is 33.5 Å². The zero-order valence-corrected chi connectivity index (χ0v) is 8.99. The van der Waals surface area contributed by atoms with Crippen molar-refractivity contribution in [3.05, 3.63) is 40.2 Å². The van der Waals surface area contributed by atoms with E-state index in [1.54, 1.807) is 6.07 Å². The maximum atomic E-state index is 11.6. The molecule has 1 heterocycles. The van der Waals surface area contributed by atoms with Crippen LogP contribution in [-0.4, -0.2) is 18.3 Å². The van der Waals surface area contributed by atoms with E-state index in [9.17, 15) is 4.79 Å². The third-order valence-corrected chi connectivity index (χ3v) is 2.49. The van der Waals surface area contributed by atoms with Crippen LogP contribution in [0.5, 0.6) is 0 Å². The Morgan fingerprint density at radius 3 is 2.88 bits per heavy atom. The molecular formula is C12H13NO3. The van der Waals surface area contributed by atoms with Crippen molar-refractivity contribution >= 4 is 16.7 Å². The number of aliphatic hydroxyl groups excluding tert-OH is 1. The number of nitrogens with one attached hydrogen (secondary N) is 1. The molecule has 0 amide bonds. The SMILES string of the molecule is Cc1c(NCCO)c(=O)oc2ccccc12. The van der Waals surface area contributed by atoms with Gasteiger partial charge in [-0.2, -0.15) is 0 Å². The zero-order valence-electron chi connectivity index (χ0n) is 8.99. The Morgan fingerprint density at radius 1 is 1.38 bits per heavy atom. The highest BCUT2D eigenvalue weighted by molar-refractivity contribution is 5.84. The molecule has 84 valence electrons. The molecule has 2 N–H and O–H groups in total. The number of anilines is 1. The topological polar surface area (TPSA) is 62.5 Å². The van der Waals surface area contributed by atoms with Gasteiger partial charge in [-0.3, -0.25) is 0 Å². The summed E-state index contributed by atoms with van der Waals surface area (Å²) in [5.74, 6) is 0. The molecule has 4 nitrogen and oxygen atoms in total. The van der Waals surface area contributed by atoms with Crippen LogP contribution < -0.4 is 10.9 Å². The van der Waals surface area contributed by atoms with Gasteiger partial charge in [0.1, 0.15) is 11.3 Å². The first-order valence-corrected chi connectivity index (χ1v) is 5.11. The Morgan fingerprint density at radius 2 is 2.12 bits per heavy atom. The highest BCUT2D eigenvalue weighted by Crippen LogP contribution is 2.21. The molecule has 0 saturated heterocycles. The van der Waals surface area contributed by atoms with E-state index in [2.05, 4.69) is 5.32 Å². The molecule has 2 rings (SSSR count). The second kappa shape index (κ2) is 4.37. The molecule has 0 radical (unpaired) electrons. The molecular weight excluding hydrogens is 206 g/mol. The first kappa shape index (κ1) is 10.7. The van der Waals surface area contributed by atoms with Crippen LogP contribution in [0, 0.1) is 6.92 Å². The standard InChI is InChI=1S/C12H13NO3/c1-8-9-4-2-3-5-10(9)16-12(15)11(8)13-6-7-14/h2-5,13-14H,6-7H2,1H3. The molecule has 16 heavy (non-hydrogen) atoms. The van der Waals surface area contributed by atoms with E-state index >= 15 is 0 Å². The lowest BCUT2D eigenvalue weighted by Crippen LogP contribution is -2.15. The van der Waals surface area contributed by atoms with Crippen molar-refractivity contribution < 1.29 is 9.52 Å². The van der Waals surface area contributed by atoms with Crippen LogP contribution in [0.25, 0.3) is 11.0 Å². The molecule has 0 fully saturated rings. The summed E-state index contributed by atoms with van der Waals surface area (Å²) >= 11 is 0. The maximum Gasteiger partial charge on any atom is 0.360 e. The lowest BCUT2D eigenvalue weighted by molar-refractivity contribution is 0.311. The number of benzene rings is 1. The number of fused-ring (bicyclic) bond motifs is 1. The van der Waals surface area contributed by atoms with E-state index in [0.29, 0.717) is 17.8 Å². The summed E-state index contributed by atoms with van der Waals surface area (Å²) in [5, 5.41) is 12.5. The fourth-order valence-corrected chi connectivity index (χ4v) is 1.69. The van der Waals surface area contributed by atoms with Crippen molar-refractivity contribution in [3.8, 4) is 0 Å². The van der Waals surface area contributed by atoms with Crippen LogP contribution in [-0.2, 0) is 0 Å². The van der Waals surface area contributed by atoms with Gasteiger partial charge >= 0.3 is 5.63 Å². The summed E-state index contributed by atoms with van der Waals surface area (Å²) in [7, 11) is 0. The third kappa shape index (κ3) is 1.79. The largest absolute Gasteiger partial charge is 0.421 e. The second-order valence-electron chi connectivity index (χ2n) is 3.54. The van der Waals surface area contributed by atoms with Gasteiger partial charge in [-0.1, -0.05) is 18.2 Å². The van der Waals surface area contributed by atoms with Crippen LogP contribution in [0.2, 0.25) is 0 Å². The van der Waals surface area contributed by atoms with E-state index in [1.807, 2.05) is 25.1 Å². The maximum absolute atomic E-state index is 11.6. The molecule has 0 aliphatic heterocycles. The zero-order chi connectivity index (χ0) is 11.5. The first-order valence-electron chi connectivity index (χ1n) is 5.11. The molecule has 0 aliphatic carbocycles. The number of hydrogen-bond acceptors (Lipinski definition) is 4. The molecule has 1 aromatic heterocycles. The molecule has 0 saturated carbocycles. The molecule has 0 spiro atoms. The van der Waals surface area contributed by atoms with Crippen LogP contribution in [0.4, 0.5) is 5.69 Å². The van der Waals surface area contributed by atoms with Gasteiger partial charge < -0.3 is 14.8 Å². The fourth-order valence-electron chi connectivity index (χ4n) is 1.69. The van der Waals surface area contributed by atoms with Gasteiger partial charge in [-0.25, -0.2) is 4.79 Å². The Balaban J connectivity index is 2.61. The molecule has 0 atom stereocenters. The van der Waals surface area contributed by atoms with Crippen LogP contribution in [0.1, 0.15) is 5.56 Å². The molecule has 0 aliphatic rings. The summed E-state index contributed by atoms with van der Waals surface area (Å²) in [5.41, 5.74) is 1.46. The van der Waals surface area contributed by atoms with Gasteiger partial charge in [0, 0.05) is 11.9 Å². The van der Waals surface area contributed by atoms with E-state index in [1.165, 1.54) is 0 Å². The van der Waals surface area contributed by atoms with Gasteiger partial charge in [-0.05, 0) is 18.6 Å². The number of hydrogen-bond donors (Lipinski definition) is 2. The van der Waals surface area contributed by atoms with E-state index < -0.39 is 5.63 Å². The van der Waals surface area contributed by atoms with Gasteiger partial charge in [0.2, 0.25) is 0 Å². The minimum Gasteiger partial charge on any atom is -0.421 e. The van der Waals surface area contributed by atoms with Crippen LogP contribution >= 0.6 is 0 Å². The van der Waals surface area contributed by atoms with Crippen molar-refractivity contribution in [2.45, 2.75) is 6.92 Å². The van der Waals surface area contributed by atoms with E-state index in [0.717, 1.165) is 10.9 Å². The minimum atomic E-state index is -0.398. The molecule has 0 bridgehead atoms. The average Bonchev–Trinajstić information content (AvgIpc) is 2.29. The minimum absolute atomic E-state index is 0.0221. The van der Waals surface area contributed by atoms with Crippen molar-refractivity contribution in [2.75, 3.05) is 18.5 Å². The van der Waals surface area contributed by atoms with Crippen molar-refractivity contribution in [2.24, 2.45) is 0 Å². The summed E-state index contributed by atoms with van der Waals surface area (Å²) < 4.78 is 5.17. The average molecular weight is 219 g/mol. The predicted molar refractivity (Wildman–Crippen MR) is 62.8 cm³/mol. The monoisotopic (exact) mass is 219 g/mol. The summed E-state index contributed by atoms with van der Waals surface area (Å²) in [4.78, 5) is 11.6. The van der Waals surface area contributed by atoms with Crippen molar-refractivity contribution in [3.63, 3.8) is 0 Å². The first-order chi connectivity index (χ1) is 7.74. The highest BCUT2D eigenvalue weighted by atomic mass is 16.4. The number of aliphatic hydroxyl groups is 1. The van der Waals surface area contributed by atoms with Crippen molar-refractivity contribution in [1.29, 1.82) is 0 Å². The molecule has 1 aromatic carbocycles. The van der Waals surface area contributed by atoms with Crippen molar-refractivity contribution in [1.82, 2.24) is 0 Å². The highest BCUT2D eigenvalue weighted by Gasteiger charge is 2.09. The van der Waals surface area contributed by atoms with Gasteiger partial charge in [-0.15, -0.1) is 0 Å². The normalized spacial score (nSPS) is 10.6. The predicted octanol–water partition coefficient (Wildman–Crippen LogP) is 1.51. The Labute approximate surface area is 92.5 Å². The van der Waals surface area contributed by atoms with Gasteiger partial charge in [0.25, 0.3) is 0 Å². The quantitative estimate of drug-likeness (QED) is 0.768. The molecule has 2 aromatic rings. The van der Waals surface area contributed by atoms with Crippen LogP contribution in [0.3, 0.4) is 0 Å². The second-order valence-corrected chi connectivity index (χ2v) is 3.54. The lowest BCUT2D eigenvalue weighted by atomic mass is 10.1. The third-order valence-electron chi connectivity index (χ3n) is 2.49. The number of rotatable bonds is 3. The van der Waals surface area contributed by atoms with Gasteiger partial charge in [0.05, 0.1) is 6.61 Å². The Hall–Kier alpha value is -1.81.